The molecule has 4 heteroatoms. The molecular formula is C14H22N4. The van der Waals surface area contributed by atoms with Gasteiger partial charge in [0.15, 0.2) is 0 Å². The molecule has 0 spiro atoms. The van der Waals surface area contributed by atoms with Gasteiger partial charge in [-0.1, -0.05) is 6.07 Å². The molecule has 1 aromatic rings. The number of pyridine rings is 1. The molecule has 0 saturated carbocycles. The highest BCUT2D eigenvalue weighted by Crippen LogP contribution is 2.24. The summed E-state index contributed by atoms with van der Waals surface area (Å²) >= 11 is 0. The van der Waals surface area contributed by atoms with Gasteiger partial charge in [-0.2, -0.15) is 0 Å². The van der Waals surface area contributed by atoms with Gasteiger partial charge in [-0.15, -0.1) is 0 Å². The van der Waals surface area contributed by atoms with Crippen LogP contribution in [0.1, 0.15) is 25.1 Å². The van der Waals surface area contributed by atoms with Crippen LogP contribution in [0.25, 0.3) is 0 Å². The Bertz CT molecular complexity index is 437. The van der Waals surface area contributed by atoms with E-state index in [1.165, 1.54) is 24.3 Å². The molecule has 0 radical (unpaired) electrons. The van der Waals surface area contributed by atoms with Gasteiger partial charge in [-0.05, 0) is 25.5 Å². The van der Waals surface area contributed by atoms with Gasteiger partial charge in [0.05, 0.1) is 0 Å². The van der Waals surface area contributed by atoms with Crippen LogP contribution in [0.15, 0.2) is 12.1 Å². The lowest BCUT2D eigenvalue weighted by Crippen LogP contribution is -2.61. The van der Waals surface area contributed by atoms with Crippen molar-refractivity contribution in [2.45, 2.75) is 38.9 Å². The van der Waals surface area contributed by atoms with Crippen molar-refractivity contribution < 1.29 is 0 Å². The highest BCUT2D eigenvalue weighted by atomic mass is 15.3. The first-order chi connectivity index (χ1) is 8.63. The molecule has 3 rings (SSSR count). The average molecular weight is 246 g/mol. The summed E-state index contributed by atoms with van der Waals surface area (Å²) < 4.78 is 0. The number of nitrogens with zero attached hydrogens (tertiary/aromatic N) is 3. The lowest BCUT2D eigenvalue weighted by atomic mass is 9.99. The van der Waals surface area contributed by atoms with Gasteiger partial charge in [-0.25, -0.2) is 4.98 Å². The van der Waals surface area contributed by atoms with Gasteiger partial charge in [-0.3, -0.25) is 9.80 Å². The van der Waals surface area contributed by atoms with Crippen LogP contribution in [-0.4, -0.2) is 46.5 Å². The fraction of sp³-hybridized carbons (Fsp3) is 0.643. The molecule has 0 amide bonds. The Kier molecular flexibility index (Phi) is 2.99. The summed E-state index contributed by atoms with van der Waals surface area (Å²) in [5, 5.41) is 0. The molecule has 3 heterocycles. The van der Waals surface area contributed by atoms with Gasteiger partial charge < -0.3 is 5.73 Å². The summed E-state index contributed by atoms with van der Waals surface area (Å²) in [7, 11) is 0. The quantitative estimate of drug-likeness (QED) is 0.849. The molecule has 4 nitrogen and oxygen atoms in total. The molecule has 0 bridgehead atoms. The summed E-state index contributed by atoms with van der Waals surface area (Å²) in [6.45, 7) is 9.15. The fourth-order valence-corrected chi connectivity index (χ4v) is 2.91. The Morgan fingerprint density at radius 1 is 1.33 bits per heavy atom. The molecule has 2 aliphatic rings. The normalized spacial score (nSPS) is 21.9. The lowest BCUT2D eigenvalue weighted by molar-refractivity contribution is 0.00685. The van der Waals surface area contributed by atoms with Gasteiger partial charge in [0.1, 0.15) is 5.82 Å². The Balaban J connectivity index is 1.64. The Morgan fingerprint density at radius 2 is 2.11 bits per heavy atom. The van der Waals surface area contributed by atoms with Gasteiger partial charge in [0.2, 0.25) is 0 Å². The van der Waals surface area contributed by atoms with Gasteiger partial charge in [0, 0.05) is 50.4 Å². The second-order valence-corrected chi connectivity index (χ2v) is 5.76. The molecule has 0 unspecified atom stereocenters. The van der Waals surface area contributed by atoms with Crippen molar-refractivity contribution in [1.29, 1.82) is 0 Å². The van der Waals surface area contributed by atoms with Crippen LogP contribution in [0.2, 0.25) is 0 Å². The van der Waals surface area contributed by atoms with Crippen molar-refractivity contribution in [2.75, 3.05) is 25.4 Å². The molecule has 1 fully saturated rings. The minimum atomic E-state index is 0.650. The van der Waals surface area contributed by atoms with Crippen LogP contribution in [-0.2, 0) is 13.0 Å². The second-order valence-electron chi connectivity index (χ2n) is 5.76. The third kappa shape index (κ3) is 2.10. The third-order valence-electron chi connectivity index (χ3n) is 4.24. The van der Waals surface area contributed by atoms with Crippen LogP contribution < -0.4 is 5.73 Å². The van der Waals surface area contributed by atoms with Crippen LogP contribution in [0.3, 0.4) is 0 Å². The molecule has 2 aliphatic heterocycles. The Labute approximate surface area is 109 Å². The van der Waals surface area contributed by atoms with Crippen molar-refractivity contribution in [3.05, 3.63) is 23.4 Å². The molecule has 2 N–H and O–H groups in total. The van der Waals surface area contributed by atoms with E-state index < -0.39 is 0 Å². The van der Waals surface area contributed by atoms with Crippen molar-refractivity contribution in [3.63, 3.8) is 0 Å². The van der Waals surface area contributed by atoms with Gasteiger partial charge in [0.25, 0.3) is 0 Å². The molecule has 1 aromatic heterocycles. The van der Waals surface area contributed by atoms with Crippen molar-refractivity contribution >= 4 is 5.82 Å². The fourth-order valence-electron chi connectivity index (χ4n) is 2.91. The van der Waals surface area contributed by atoms with E-state index in [1.54, 1.807) is 0 Å². The standard InChI is InChI=1S/C14H22N4/c1-10(2)18-8-12(9-18)17-6-5-13-11(7-17)3-4-14(15)16-13/h3-4,10,12H,5-9H2,1-2H3,(H2,15,16). The summed E-state index contributed by atoms with van der Waals surface area (Å²) in [5.74, 6) is 0.650. The monoisotopic (exact) mass is 246 g/mol. The predicted octanol–water partition coefficient (Wildman–Crippen LogP) is 1.11. The number of nitrogen functional groups attached to an aromatic ring is 1. The maximum Gasteiger partial charge on any atom is 0.123 e. The van der Waals surface area contributed by atoms with E-state index in [9.17, 15) is 0 Å². The molecule has 18 heavy (non-hydrogen) atoms. The van der Waals surface area contributed by atoms with Crippen molar-refractivity contribution in [2.24, 2.45) is 0 Å². The number of hydrogen-bond acceptors (Lipinski definition) is 4. The van der Waals surface area contributed by atoms with E-state index >= 15 is 0 Å². The Morgan fingerprint density at radius 3 is 2.83 bits per heavy atom. The Hall–Kier alpha value is -1.13. The number of nitrogens with two attached hydrogens (primary N) is 1. The number of rotatable bonds is 2. The van der Waals surface area contributed by atoms with E-state index in [-0.39, 0.29) is 0 Å². The maximum absolute atomic E-state index is 5.73. The van der Waals surface area contributed by atoms with E-state index in [4.69, 9.17) is 5.73 Å². The van der Waals surface area contributed by atoms with Gasteiger partial charge >= 0.3 is 0 Å². The lowest BCUT2D eigenvalue weighted by Gasteiger charge is -2.48. The van der Waals surface area contributed by atoms with Crippen LogP contribution in [0.5, 0.6) is 0 Å². The molecule has 0 aliphatic carbocycles. The summed E-state index contributed by atoms with van der Waals surface area (Å²) in [5.41, 5.74) is 8.29. The van der Waals surface area contributed by atoms with Crippen LogP contribution in [0.4, 0.5) is 5.82 Å². The first kappa shape index (κ1) is 11.9. The highest BCUT2D eigenvalue weighted by molar-refractivity contribution is 5.35. The summed E-state index contributed by atoms with van der Waals surface area (Å²) in [6, 6.07) is 5.48. The number of aromatic nitrogens is 1. The smallest absolute Gasteiger partial charge is 0.123 e. The predicted molar refractivity (Wildman–Crippen MR) is 73.3 cm³/mol. The summed E-state index contributed by atoms with van der Waals surface area (Å²) in [6.07, 6.45) is 1.04. The number of hydrogen-bond donors (Lipinski definition) is 1. The first-order valence-corrected chi connectivity index (χ1v) is 6.86. The minimum Gasteiger partial charge on any atom is -0.384 e. The zero-order valence-corrected chi connectivity index (χ0v) is 11.3. The van der Waals surface area contributed by atoms with Crippen LogP contribution >= 0.6 is 0 Å². The average Bonchev–Trinajstić information content (AvgIpc) is 2.26. The first-order valence-electron chi connectivity index (χ1n) is 6.86. The van der Waals surface area contributed by atoms with Crippen molar-refractivity contribution in [1.82, 2.24) is 14.8 Å². The zero-order chi connectivity index (χ0) is 12.7. The second kappa shape index (κ2) is 4.52. The molecule has 98 valence electrons. The zero-order valence-electron chi connectivity index (χ0n) is 11.3. The van der Waals surface area contributed by atoms with E-state index in [0.717, 1.165) is 25.6 Å². The topological polar surface area (TPSA) is 45.4 Å². The molecule has 0 atom stereocenters. The largest absolute Gasteiger partial charge is 0.384 e. The number of fused-ring (bicyclic) bond motifs is 1. The number of anilines is 1. The van der Waals surface area contributed by atoms with E-state index in [2.05, 4.69) is 34.7 Å². The molecule has 1 saturated heterocycles. The van der Waals surface area contributed by atoms with Crippen molar-refractivity contribution in [3.8, 4) is 0 Å². The molecular weight excluding hydrogens is 224 g/mol. The van der Waals surface area contributed by atoms with Crippen LogP contribution in [0, 0.1) is 0 Å². The number of likely N-dealkylation sites (tertiary alicyclic amines) is 1. The summed E-state index contributed by atoms with van der Waals surface area (Å²) in [4.78, 5) is 9.56. The maximum atomic E-state index is 5.73. The van der Waals surface area contributed by atoms with E-state index in [0.29, 0.717) is 11.9 Å². The highest BCUT2D eigenvalue weighted by Gasteiger charge is 2.34. The molecule has 0 aromatic carbocycles. The third-order valence-corrected chi connectivity index (χ3v) is 4.24. The SMILES string of the molecule is CC(C)N1CC(N2CCc3nc(N)ccc3C2)C1. The minimum absolute atomic E-state index is 0.650. The van der Waals surface area contributed by atoms with E-state index in [1.807, 2.05) is 6.07 Å².